The predicted octanol–water partition coefficient (Wildman–Crippen LogP) is 0.848. The van der Waals surface area contributed by atoms with Crippen LogP contribution in [-0.4, -0.2) is 22.3 Å². The lowest BCUT2D eigenvalue weighted by Crippen LogP contribution is -1.90. The van der Waals surface area contributed by atoms with Crippen molar-refractivity contribution in [1.82, 2.24) is 0 Å². The highest BCUT2D eigenvalue weighted by atomic mass is 31.2. The molecule has 10 heavy (non-hydrogen) atoms. The summed E-state index contributed by atoms with van der Waals surface area (Å²) in [4.78, 5) is 20.2. The molecule has 0 aliphatic rings. The maximum Gasteiger partial charge on any atom is 0.346 e. The van der Waals surface area contributed by atoms with E-state index in [2.05, 4.69) is 4.99 Å². The van der Waals surface area contributed by atoms with E-state index in [1.54, 1.807) is 0 Å². The van der Waals surface area contributed by atoms with Crippen molar-refractivity contribution in [2.45, 2.75) is 13.8 Å². The van der Waals surface area contributed by atoms with E-state index in [-0.39, 0.29) is 5.92 Å². The van der Waals surface area contributed by atoms with Crippen LogP contribution in [0.3, 0.4) is 0 Å². The zero-order valence-corrected chi connectivity index (χ0v) is 6.95. The molecule has 0 saturated carbocycles. The smallest absolute Gasteiger partial charge is 0.323 e. The summed E-state index contributed by atoms with van der Waals surface area (Å²) in [7, 11) is -3.92. The van der Waals surface area contributed by atoms with Crippen molar-refractivity contribution >= 4 is 13.8 Å². The molecule has 0 rings (SSSR count). The van der Waals surface area contributed by atoms with Gasteiger partial charge >= 0.3 is 7.60 Å². The Morgan fingerprint density at radius 3 is 2.40 bits per heavy atom. The lowest BCUT2D eigenvalue weighted by atomic mass is 10.3. The molecule has 0 aliphatic heterocycles. The number of aliphatic imine (C=N–C) groups is 1. The Morgan fingerprint density at radius 2 is 2.10 bits per heavy atom. The zero-order chi connectivity index (χ0) is 8.20. The first-order valence-electron chi connectivity index (χ1n) is 2.96. The van der Waals surface area contributed by atoms with Crippen LogP contribution in [0.25, 0.3) is 0 Å². The molecule has 60 valence electrons. The Bertz CT molecular complexity index is 160. The summed E-state index contributed by atoms with van der Waals surface area (Å²) in [5, 5.41) is 0. The summed E-state index contributed by atoms with van der Waals surface area (Å²) in [5.41, 5.74) is 0. The van der Waals surface area contributed by atoms with E-state index in [1.807, 2.05) is 13.8 Å². The Labute approximate surface area is 60.1 Å². The molecule has 0 spiro atoms. The van der Waals surface area contributed by atoms with Gasteiger partial charge in [-0.2, -0.15) is 0 Å². The van der Waals surface area contributed by atoms with Crippen molar-refractivity contribution < 1.29 is 14.4 Å². The molecule has 0 fully saturated rings. The summed E-state index contributed by atoms with van der Waals surface area (Å²) in [6, 6.07) is 0. The molecule has 0 aromatic heterocycles. The summed E-state index contributed by atoms with van der Waals surface area (Å²) < 4.78 is 10.2. The second kappa shape index (κ2) is 3.86. The third-order valence-corrected chi connectivity index (χ3v) is 1.20. The van der Waals surface area contributed by atoms with E-state index in [4.69, 9.17) is 9.79 Å². The van der Waals surface area contributed by atoms with Gasteiger partial charge in [-0.3, -0.25) is 9.56 Å². The van der Waals surface area contributed by atoms with Crippen LogP contribution >= 0.6 is 7.60 Å². The molecule has 0 atom stereocenters. The Kier molecular flexibility index (Phi) is 3.79. The average Bonchev–Trinajstić information content (AvgIpc) is 1.59. The van der Waals surface area contributed by atoms with Crippen LogP contribution in [0.15, 0.2) is 4.99 Å². The molecule has 0 aromatic rings. The van der Waals surface area contributed by atoms with Crippen LogP contribution in [0.5, 0.6) is 0 Å². The Balaban J connectivity index is 3.65. The van der Waals surface area contributed by atoms with Gasteiger partial charge in [0, 0.05) is 6.21 Å². The van der Waals surface area contributed by atoms with Crippen LogP contribution in [0.4, 0.5) is 0 Å². The quantitative estimate of drug-likeness (QED) is 0.481. The molecule has 0 amide bonds. The minimum atomic E-state index is -3.92. The normalized spacial score (nSPS) is 13.3. The van der Waals surface area contributed by atoms with Gasteiger partial charge in [-0.1, -0.05) is 13.8 Å². The summed E-state index contributed by atoms with van der Waals surface area (Å²) >= 11 is 0. The average molecular weight is 165 g/mol. The fourth-order valence-corrected chi connectivity index (χ4v) is 0.671. The molecule has 4 nitrogen and oxygen atoms in total. The van der Waals surface area contributed by atoms with Gasteiger partial charge in [0.05, 0.1) is 0 Å². The first-order chi connectivity index (χ1) is 4.42. The van der Waals surface area contributed by atoms with Crippen molar-refractivity contribution in [3.63, 3.8) is 0 Å². The van der Waals surface area contributed by atoms with Crippen molar-refractivity contribution in [3.05, 3.63) is 0 Å². The molecular formula is C5H12NO3P. The third kappa shape index (κ3) is 7.82. The Morgan fingerprint density at radius 1 is 1.60 bits per heavy atom. The maximum atomic E-state index is 10.2. The Hall–Kier alpha value is -0.180. The molecule has 0 aromatic carbocycles. The number of nitrogens with zero attached hydrogens (tertiary/aromatic N) is 1. The topological polar surface area (TPSA) is 69.9 Å². The molecule has 0 saturated heterocycles. The van der Waals surface area contributed by atoms with Crippen molar-refractivity contribution in [2.75, 3.05) is 6.29 Å². The number of rotatable bonds is 3. The van der Waals surface area contributed by atoms with E-state index < -0.39 is 13.9 Å². The van der Waals surface area contributed by atoms with E-state index >= 15 is 0 Å². The van der Waals surface area contributed by atoms with Gasteiger partial charge in [-0.25, -0.2) is 0 Å². The molecule has 0 unspecified atom stereocenters. The largest absolute Gasteiger partial charge is 0.346 e. The molecule has 0 heterocycles. The van der Waals surface area contributed by atoms with Gasteiger partial charge < -0.3 is 9.79 Å². The van der Waals surface area contributed by atoms with Crippen LogP contribution in [0.2, 0.25) is 0 Å². The number of hydrogen-bond donors (Lipinski definition) is 2. The van der Waals surface area contributed by atoms with Crippen LogP contribution in [0, 0.1) is 5.92 Å². The van der Waals surface area contributed by atoms with Crippen molar-refractivity contribution in [1.29, 1.82) is 0 Å². The summed E-state index contributed by atoms with van der Waals surface area (Å²) in [6.45, 7) is 3.78. The van der Waals surface area contributed by atoms with E-state index in [1.165, 1.54) is 6.21 Å². The highest BCUT2D eigenvalue weighted by molar-refractivity contribution is 7.51. The lowest BCUT2D eigenvalue weighted by molar-refractivity contribution is 0.374. The molecule has 0 aliphatic carbocycles. The molecule has 0 radical (unpaired) electrons. The van der Waals surface area contributed by atoms with Gasteiger partial charge in [-0.05, 0) is 5.92 Å². The second-order valence-corrected chi connectivity index (χ2v) is 3.99. The fraction of sp³-hybridized carbons (Fsp3) is 0.800. The molecule has 0 bridgehead atoms. The highest BCUT2D eigenvalue weighted by Crippen LogP contribution is 2.33. The number of hydrogen-bond acceptors (Lipinski definition) is 2. The molecular weight excluding hydrogens is 153 g/mol. The van der Waals surface area contributed by atoms with Crippen molar-refractivity contribution in [3.8, 4) is 0 Å². The first-order valence-corrected chi connectivity index (χ1v) is 4.76. The van der Waals surface area contributed by atoms with E-state index in [0.29, 0.717) is 0 Å². The highest BCUT2D eigenvalue weighted by Gasteiger charge is 2.09. The van der Waals surface area contributed by atoms with E-state index in [0.717, 1.165) is 0 Å². The first kappa shape index (κ1) is 9.82. The van der Waals surface area contributed by atoms with Crippen LogP contribution in [-0.2, 0) is 4.57 Å². The SMILES string of the molecule is CC(C)/C=N/CP(=O)(O)O. The van der Waals surface area contributed by atoms with Crippen molar-refractivity contribution in [2.24, 2.45) is 10.9 Å². The van der Waals surface area contributed by atoms with Gasteiger partial charge in [0.25, 0.3) is 0 Å². The van der Waals surface area contributed by atoms with Crippen LogP contribution in [0.1, 0.15) is 13.8 Å². The minimum absolute atomic E-state index is 0.242. The lowest BCUT2D eigenvalue weighted by Gasteiger charge is -1.97. The zero-order valence-electron chi connectivity index (χ0n) is 6.06. The van der Waals surface area contributed by atoms with Gasteiger partial charge in [0.2, 0.25) is 0 Å². The third-order valence-electron chi connectivity index (χ3n) is 0.669. The predicted molar refractivity (Wildman–Crippen MR) is 40.2 cm³/mol. The van der Waals surface area contributed by atoms with Gasteiger partial charge in [-0.15, -0.1) is 0 Å². The maximum absolute atomic E-state index is 10.2. The molecule has 5 heteroatoms. The standard InChI is InChI=1S/C5H12NO3P/c1-5(2)3-6-4-10(7,8)9/h3,5H,4H2,1-2H3,(H2,7,8,9)/b6-3+. The fourth-order valence-electron chi connectivity index (χ4n) is 0.364. The monoisotopic (exact) mass is 165 g/mol. The molecule has 2 N–H and O–H groups in total. The summed E-state index contributed by atoms with van der Waals surface area (Å²) in [6.07, 6.45) is 1.13. The van der Waals surface area contributed by atoms with Gasteiger partial charge in [0.1, 0.15) is 6.29 Å². The minimum Gasteiger partial charge on any atom is -0.323 e. The van der Waals surface area contributed by atoms with Crippen LogP contribution < -0.4 is 0 Å². The van der Waals surface area contributed by atoms with E-state index in [9.17, 15) is 4.57 Å². The second-order valence-electron chi connectivity index (χ2n) is 2.38. The van der Waals surface area contributed by atoms with Gasteiger partial charge in [0.15, 0.2) is 0 Å². The summed E-state index contributed by atoms with van der Waals surface area (Å²) in [5.74, 6) is 0.242.